The van der Waals surface area contributed by atoms with E-state index in [-0.39, 0.29) is 12.0 Å². The third-order valence-corrected chi connectivity index (χ3v) is 5.78. The van der Waals surface area contributed by atoms with Crippen molar-refractivity contribution >= 4 is 5.91 Å². The van der Waals surface area contributed by atoms with Crippen molar-refractivity contribution in [1.29, 1.82) is 0 Å². The van der Waals surface area contributed by atoms with E-state index in [0.717, 1.165) is 56.0 Å². The first-order chi connectivity index (χ1) is 13.2. The van der Waals surface area contributed by atoms with Crippen molar-refractivity contribution in [2.45, 2.75) is 45.2 Å². The van der Waals surface area contributed by atoms with Gasteiger partial charge in [-0.1, -0.05) is 24.3 Å². The fraction of sp³-hybridized carbons (Fsp3) is 0.455. The predicted molar refractivity (Wildman–Crippen MR) is 105 cm³/mol. The Bertz CT molecular complexity index is 830. The van der Waals surface area contributed by atoms with Crippen molar-refractivity contribution < 1.29 is 9.53 Å². The number of methoxy groups -OCH3 is 1. The zero-order valence-corrected chi connectivity index (χ0v) is 16.1. The molecule has 1 aromatic carbocycles. The van der Waals surface area contributed by atoms with Gasteiger partial charge in [-0.25, -0.2) is 4.98 Å². The van der Waals surface area contributed by atoms with Gasteiger partial charge in [-0.2, -0.15) is 0 Å². The highest BCUT2D eigenvalue weighted by molar-refractivity contribution is 5.80. The third-order valence-electron chi connectivity index (χ3n) is 5.78. The van der Waals surface area contributed by atoms with Crippen LogP contribution in [0.5, 0.6) is 5.75 Å². The number of nitrogens with zero attached hydrogens (tertiary/aromatic N) is 3. The minimum atomic E-state index is 0.0880. The van der Waals surface area contributed by atoms with Gasteiger partial charge in [0.2, 0.25) is 5.91 Å². The van der Waals surface area contributed by atoms with E-state index in [2.05, 4.69) is 40.7 Å². The van der Waals surface area contributed by atoms with Crippen LogP contribution in [0.25, 0.3) is 0 Å². The summed E-state index contributed by atoms with van der Waals surface area (Å²) in [5, 5.41) is 0. The number of imidazole rings is 1. The number of carbonyl (C=O) groups excluding carboxylic acids is 1. The quantitative estimate of drug-likeness (QED) is 0.756. The molecule has 2 heterocycles. The van der Waals surface area contributed by atoms with Crippen LogP contribution in [-0.4, -0.2) is 34.0 Å². The second-order valence-corrected chi connectivity index (χ2v) is 7.52. The summed E-state index contributed by atoms with van der Waals surface area (Å²) in [5.74, 6) is 2.29. The molecule has 5 heteroatoms. The lowest BCUT2D eigenvalue weighted by Crippen LogP contribution is -2.36. The molecule has 27 heavy (non-hydrogen) atoms. The van der Waals surface area contributed by atoms with Gasteiger partial charge in [-0.3, -0.25) is 4.79 Å². The maximum absolute atomic E-state index is 13.0. The van der Waals surface area contributed by atoms with Crippen LogP contribution in [-0.2, 0) is 11.3 Å². The summed E-state index contributed by atoms with van der Waals surface area (Å²) in [6.07, 6.45) is 9.97. The molecule has 0 radical (unpaired) electrons. The van der Waals surface area contributed by atoms with Crippen molar-refractivity contribution in [2.75, 3.05) is 13.7 Å². The molecule has 1 atom stereocenters. The average molecular weight is 365 g/mol. The number of amides is 1. The molecule has 142 valence electrons. The van der Waals surface area contributed by atoms with Gasteiger partial charge in [0.1, 0.15) is 11.6 Å². The van der Waals surface area contributed by atoms with Gasteiger partial charge in [0.05, 0.1) is 13.2 Å². The van der Waals surface area contributed by atoms with Gasteiger partial charge in [-0.05, 0) is 50.3 Å². The number of aryl methyl sites for hydroxylation is 1. The average Bonchev–Trinajstić information content (AvgIpc) is 3.44. The molecular formula is C22H27N3O2. The Balaban J connectivity index is 1.57. The Hall–Kier alpha value is -2.56. The molecule has 0 spiro atoms. The summed E-state index contributed by atoms with van der Waals surface area (Å²) in [7, 11) is 1.68. The Morgan fingerprint density at radius 3 is 2.67 bits per heavy atom. The van der Waals surface area contributed by atoms with Gasteiger partial charge in [0.15, 0.2) is 0 Å². The normalized spacial score (nSPS) is 19.8. The number of ether oxygens (including phenoxy) is 1. The number of benzene rings is 1. The zero-order chi connectivity index (χ0) is 18.8. The molecule has 5 nitrogen and oxygen atoms in total. The Kier molecular flexibility index (Phi) is 5.01. The van der Waals surface area contributed by atoms with E-state index in [0.29, 0.717) is 5.91 Å². The van der Waals surface area contributed by atoms with Crippen LogP contribution in [0.3, 0.4) is 0 Å². The number of hydrogen-bond acceptors (Lipinski definition) is 3. The van der Waals surface area contributed by atoms with Crippen LogP contribution < -0.4 is 4.74 Å². The SMILES string of the molecule is COc1ccc(Cn2c(C)cnc2C2CCCN2C(=O)C2CC=CC2)cc1. The van der Waals surface area contributed by atoms with Crippen LogP contribution in [0.4, 0.5) is 0 Å². The first-order valence-electron chi connectivity index (χ1n) is 9.78. The molecule has 0 saturated carbocycles. The van der Waals surface area contributed by atoms with Crippen molar-refractivity contribution in [3.8, 4) is 5.75 Å². The fourth-order valence-corrected chi connectivity index (χ4v) is 4.22. The summed E-state index contributed by atoms with van der Waals surface area (Å²) in [6.45, 7) is 3.69. The molecule has 4 rings (SSSR count). The smallest absolute Gasteiger partial charge is 0.226 e. The molecule has 2 aliphatic rings. The summed E-state index contributed by atoms with van der Waals surface area (Å²) >= 11 is 0. The fourth-order valence-electron chi connectivity index (χ4n) is 4.22. The van der Waals surface area contributed by atoms with Crippen LogP contribution in [0.2, 0.25) is 0 Å². The summed E-state index contributed by atoms with van der Waals surface area (Å²) in [4.78, 5) is 19.8. The molecule has 0 N–H and O–H groups in total. The second-order valence-electron chi connectivity index (χ2n) is 7.52. The first kappa shape index (κ1) is 17.8. The lowest BCUT2D eigenvalue weighted by molar-refractivity contribution is -0.136. The number of allylic oxidation sites excluding steroid dienone is 2. The van der Waals surface area contributed by atoms with E-state index in [4.69, 9.17) is 9.72 Å². The van der Waals surface area contributed by atoms with Crippen LogP contribution in [0.15, 0.2) is 42.6 Å². The zero-order valence-electron chi connectivity index (χ0n) is 16.1. The topological polar surface area (TPSA) is 47.4 Å². The van der Waals surface area contributed by atoms with Gasteiger partial charge >= 0.3 is 0 Å². The third kappa shape index (κ3) is 3.51. The van der Waals surface area contributed by atoms with Crippen molar-refractivity contribution in [3.63, 3.8) is 0 Å². The highest BCUT2D eigenvalue weighted by atomic mass is 16.5. The molecule has 1 saturated heterocycles. The van der Waals surface area contributed by atoms with Crippen LogP contribution in [0, 0.1) is 12.8 Å². The van der Waals surface area contributed by atoms with E-state index < -0.39 is 0 Å². The molecular weight excluding hydrogens is 338 g/mol. The maximum atomic E-state index is 13.0. The number of hydrogen-bond donors (Lipinski definition) is 0. The Morgan fingerprint density at radius 1 is 1.22 bits per heavy atom. The number of aromatic nitrogens is 2. The molecule has 1 unspecified atom stereocenters. The first-order valence-corrected chi connectivity index (χ1v) is 9.78. The Morgan fingerprint density at radius 2 is 1.96 bits per heavy atom. The molecule has 1 fully saturated rings. The van der Waals surface area contributed by atoms with Gasteiger partial charge in [0.25, 0.3) is 0 Å². The molecule has 2 aromatic rings. The van der Waals surface area contributed by atoms with E-state index in [1.165, 1.54) is 5.56 Å². The maximum Gasteiger partial charge on any atom is 0.226 e. The molecule has 1 aromatic heterocycles. The molecule has 1 aliphatic heterocycles. The van der Waals surface area contributed by atoms with Crippen LogP contribution in [0.1, 0.15) is 48.8 Å². The van der Waals surface area contributed by atoms with Crippen molar-refractivity contribution in [3.05, 3.63) is 59.7 Å². The molecule has 0 bridgehead atoms. The van der Waals surface area contributed by atoms with E-state index in [1.54, 1.807) is 7.11 Å². The highest BCUT2D eigenvalue weighted by Gasteiger charge is 2.36. The Labute approximate surface area is 160 Å². The lowest BCUT2D eigenvalue weighted by Gasteiger charge is -2.28. The van der Waals surface area contributed by atoms with Gasteiger partial charge < -0.3 is 14.2 Å². The minimum Gasteiger partial charge on any atom is -0.497 e. The summed E-state index contributed by atoms with van der Waals surface area (Å²) < 4.78 is 7.51. The lowest BCUT2D eigenvalue weighted by atomic mass is 10.0. The number of likely N-dealkylation sites (tertiary alicyclic amines) is 1. The minimum absolute atomic E-state index is 0.0880. The van der Waals surface area contributed by atoms with E-state index >= 15 is 0 Å². The van der Waals surface area contributed by atoms with Crippen LogP contribution >= 0.6 is 0 Å². The van der Waals surface area contributed by atoms with Gasteiger partial charge in [-0.15, -0.1) is 0 Å². The largest absolute Gasteiger partial charge is 0.497 e. The summed E-state index contributed by atoms with van der Waals surface area (Å²) in [5.41, 5.74) is 2.33. The molecule has 1 amide bonds. The van der Waals surface area contributed by atoms with Crippen molar-refractivity contribution in [2.24, 2.45) is 5.92 Å². The van der Waals surface area contributed by atoms with Gasteiger partial charge in [0, 0.05) is 30.9 Å². The predicted octanol–water partition coefficient (Wildman–Crippen LogP) is 3.88. The second kappa shape index (κ2) is 7.59. The standard InChI is InChI=1S/C22H27N3O2/c1-16-14-23-21(25(16)15-17-9-11-19(27-2)12-10-17)20-8-5-13-24(20)22(26)18-6-3-4-7-18/h3-4,9-12,14,18,20H,5-8,13,15H2,1-2H3. The number of rotatable bonds is 5. The highest BCUT2D eigenvalue weighted by Crippen LogP contribution is 2.35. The van der Waals surface area contributed by atoms with E-state index in [9.17, 15) is 4.79 Å². The summed E-state index contributed by atoms with van der Waals surface area (Å²) in [6, 6.07) is 8.23. The monoisotopic (exact) mass is 365 g/mol. The van der Waals surface area contributed by atoms with E-state index in [1.807, 2.05) is 18.3 Å². The molecule has 1 aliphatic carbocycles. The number of carbonyl (C=O) groups is 1. The van der Waals surface area contributed by atoms with Crippen molar-refractivity contribution in [1.82, 2.24) is 14.5 Å².